The first kappa shape index (κ1) is 10.3. The number of ketones is 1. The van der Waals surface area contributed by atoms with E-state index in [2.05, 4.69) is 4.98 Å². The normalized spacial score (nSPS) is 12.8. The molecule has 0 amide bonds. The maximum atomic E-state index is 11.1. The van der Waals surface area contributed by atoms with Crippen molar-refractivity contribution in [1.29, 1.82) is 0 Å². The van der Waals surface area contributed by atoms with Gasteiger partial charge in [0.15, 0.2) is 0 Å². The third kappa shape index (κ3) is 3.24. The maximum absolute atomic E-state index is 11.1. The molecule has 1 aromatic heterocycles. The van der Waals surface area contributed by atoms with E-state index in [9.17, 15) is 4.79 Å². The van der Waals surface area contributed by atoms with Gasteiger partial charge in [0.1, 0.15) is 5.78 Å². The monoisotopic (exact) mass is 199 g/mol. The van der Waals surface area contributed by atoms with E-state index >= 15 is 0 Å². The Bertz CT molecular complexity index is 259. The van der Waals surface area contributed by atoms with E-state index in [0.717, 1.165) is 5.69 Å². The Morgan fingerprint density at radius 1 is 1.77 bits per heavy atom. The number of aromatic nitrogens is 1. The molecular weight excluding hydrogens is 186 g/mol. The summed E-state index contributed by atoms with van der Waals surface area (Å²) >= 11 is 1.53. The first-order chi connectivity index (χ1) is 6.24. The number of carbonyl (C=O) groups is 1. The molecule has 1 atom stereocenters. The number of nitrogens with zero attached hydrogens (tertiary/aromatic N) is 1. The summed E-state index contributed by atoms with van der Waals surface area (Å²) in [5.74, 6) is 0.0501. The number of aliphatic hydroxyl groups is 1. The van der Waals surface area contributed by atoms with E-state index in [0.29, 0.717) is 12.8 Å². The van der Waals surface area contributed by atoms with Crippen LogP contribution in [0.15, 0.2) is 10.9 Å². The van der Waals surface area contributed by atoms with Crippen molar-refractivity contribution in [2.75, 3.05) is 6.61 Å². The summed E-state index contributed by atoms with van der Waals surface area (Å²) < 4.78 is 0. The van der Waals surface area contributed by atoms with Crippen molar-refractivity contribution in [3.8, 4) is 0 Å². The van der Waals surface area contributed by atoms with Crippen LogP contribution in [0.3, 0.4) is 0 Å². The van der Waals surface area contributed by atoms with E-state index in [1.807, 2.05) is 5.38 Å². The van der Waals surface area contributed by atoms with Gasteiger partial charge in [0, 0.05) is 24.3 Å². The second kappa shape index (κ2) is 5.09. The molecule has 0 fully saturated rings. The lowest BCUT2D eigenvalue weighted by Crippen LogP contribution is -2.15. The molecule has 0 radical (unpaired) electrons. The smallest absolute Gasteiger partial charge is 0.133 e. The van der Waals surface area contributed by atoms with Gasteiger partial charge in [0.25, 0.3) is 0 Å². The number of rotatable bonds is 5. The quantitative estimate of drug-likeness (QED) is 0.777. The SMILES string of the molecule is CC(=O)C(CCO)Cc1cscn1. The summed E-state index contributed by atoms with van der Waals surface area (Å²) in [5.41, 5.74) is 2.70. The minimum atomic E-state index is -0.0768. The molecular formula is C9H13NO2S. The zero-order chi connectivity index (χ0) is 9.68. The molecule has 3 nitrogen and oxygen atoms in total. The fraction of sp³-hybridized carbons (Fsp3) is 0.556. The molecule has 4 heteroatoms. The number of Topliss-reactive ketones (excluding diaryl/α,β-unsaturated/α-hetero) is 1. The predicted octanol–water partition coefficient (Wildman–Crippen LogP) is 1.27. The largest absolute Gasteiger partial charge is 0.396 e. The minimum Gasteiger partial charge on any atom is -0.396 e. The molecule has 1 unspecified atom stereocenters. The summed E-state index contributed by atoms with van der Waals surface area (Å²) in [6, 6.07) is 0. The average molecular weight is 199 g/mol. The molecule has 1 rings (SSSR count). The van der Waals surface area contributed by atoms with Crippen molar-refractivity contribution in [3.05, 3.63) is 16.6 Å². The van der Waals surface area contributed by atoms with Gasteiger partial charge < -0.3 is 5.11 Å². The second-order valence-corrected chi connectivity index (χ2v) is 3.72. The summed E-state index contributed by atoms with van der Waals surface area (Å²) in [6.45, 7) is 1.63. The number of hydrogen-bond acceptors (Lipinski definition) is 4. The molecule has 13 heavy (non-hydrogen) atoms. The highest BCUT2D eigenvalue weighted by Gasteiger charge is 2.14. The van der Waals surface area contributed by atoms with Crippen molar-refractivity contribution in [3.63, 3.8) is 0 Å². The van der Waals surface area contributed by atoms with Gasteiger partial charge in [-0.15, -0.1) is 11.3 Å². The van der Waals surface area contributed by atoms with Crippen LogP contribution < -0.4 is 0 Å². The Labute approximate surface area is 81.4 Å². The number of carbonyl (C=O) groups excluding carboxylic acids is 1. The highest BCUT2D eigenvalue weighted by atomic mass is 32.1. The first-order valence-electron chi connectivity index (χ1n) is 4.22. The van der Waals surface area contributed by atoms with Crippen molar-refractivity contribution < 1.29 is 9.90 Å². The first-order valence-corrected chi connectivity index (χ1v) is 5.16. The van der Waals surface area contributed by atoms with E-state index in [-0.39, 0.29) is 18.3 Å². The third-order valence-corrected chi connectivity index (χ3v) is 2.63. The lowest BCUT2D eigenvalue weighted by Gasteiger charge is -2.09. The molecule has 0 saturated heterocycles. The van der Waals surface area contributed by atoms with Gasteiger partial charge in [-0.1, -0.05) is 0 Å². The Morgan fingerprint density at radius 2 is 2.54 bits per heavy atom. The second-order valence-electron chi connectivity index (χ2n) is 3.00. The molecule has 0 aliphatic carbocycles. The van der Waals surface area contributed by atoms with Crippen LogP contribution in [0.1, 0.15) is 19.0 Å². The minimum absolute atomic E-state index is 0.0639. The van der Waals surface area contributed by atoms with Gasteiger partial charge in [-0.25, -0.2) is 4.98 Å². The predicted molar refractivity (Wildman–Crippen MR) is 51.7 cm³/mol. The lowest BCUT2D eigenvalue weighted by atomic mass is 9.96. The van der Waals surface area contributed by atoms with Crippen LogP contribution in [0.25, 0.3) is 0 Å². The van der Waals surface area contributed by atoms with Gasteiger partial charge in [-0.3, -0.25) is 4.79 Å². The zero-order valence-corrected chi connectivity index (χ0v) is 8.38. The van der Waals surface area contributed by atoms with E-state index < -0.39 is 0 Å². The Kier molecular flexibility index (Phi) is 4.05. The molecule has 72 valence electrons. The summed E-state index contributed by atoms with van der Waals surface area (Å²) in [6.07, 6.45) is 1.19. The summed E-state index contributed by atoms with van der Waals surface area (Å²) in [4.78, 5) is 15.2. The number of aliphatic hydroxyl groups excluding tert-OH is 1. The van der Waals surface area contributed by atoms with Crippen LogP contribution in [0.2, 0.25) is 0 Å². The molecule has 1 heterocycles. The zero-order valence-electron chi connectivity index (χ0n) is 7.56. The molecule has 0 bridgehead atoms. The van der Waals surface area contributed by atoms with Gasteiger partial charge in [0.05, 0.1) is 11.2 Å². The van der Waals surface area contributed by atoms with Gasteiger partial charge >= 0.3 is 0 Å². The Hall–Kier alpha value is -0.740. The topological polar surface area (TPSA) is 50.2 Å². The van der Waals surface area contributed by atoms with Crippen LogP contribution in [0.5, 0.6) is 0 Å². The van der Waals surface area contributed by atoms with Crippen molar-refractivity contribution >= 4 is 17.1 Å². The standard InChI is InChI=1S/C9H13NO2S/c1-7(12)8(2-3-11)4-9-5-13-6-10-9/h5-6,8,11H,2-4H2,1H3. The van der Waals surface area contributed by atoms with Crippen molar-refractivity contribution in [2.45, 2.75) is 19.8 Å². The fourth-order valence-corrected chi connectivity index (χ4v) is 1.77. The molecule has 0 aliphatic rings. The molecule has 0 saturated carbocycles. The Morgan fingerprint density at radius 3 is 3.00 bits per heavy atom. The summed E-state index contributed by atoms with van der Waals surface area (Å²) in [7, 11) is 0. The van der Waals surface area contributed by atoms with Crippen molar-refractivity contribution in [1.82, 2.24) is 4.98 Å². The van der Waals surface area contributed by atoms with Gasteiger partial charge in [0.2, 0.25) is 0 Å². The van der Waals surface area contributed by atoms with Crippen LogP contribution in [0.4, 0.5) is 0 Å². The number of thiazole rings is 1. The van der Waals surface area contributed by atoms with E-state index in [1.165, 1.54) is 11.3 Å². The van der Waals surface area contributed by atoms with E-state index in [1.54, 1.807) is 12.4 Å². The maximum Gasteiger partial charge on any atom is 0.133 e. The van der Waals surface area contributed by atoms with Crippen molar-refractivity contribution in [2.24, 2.45) is 5.92 Å². The van der Waals surface area contributed by atoms with Gasteiger partial charge in [-0.05, 0) is 13.3 Å². The van der Waals surface area contributed by atoms with Crippen LogP contribution in [-0.4, -0.2) is 22.5 Å². The van der Waals surface area contributed by atoms with Crippen LogP contribution >= 0.6 is 11.3 Å². The number of hydrogen-bond donors (Lipinski definition) is 1. The van der Waals surface area contributed by atoms with Crippen LogP contribution in [0, 0.1) is 5.92 Å². The highest BCUT2D eigenvalue weighted by molar-refractivity contribution is 7.07. The van der Waals surface area contributed by atoms with Crippen LogP contribution in [-0.2, 0) is 11.2 Å². The Balaban J connectivity index is 2.52. The average Bonchev–Trinajstić information content (AvgIpc) is 2.56. The molecule has 0 aromatic carbocycles. The molecule has 0 aliphatic heterocycles. The highest BCUT2D eigenvalue weighted by Crippen LogP contribution is 2.13. The lowest BCUT2D eigenvalue weighted by molar-refractivity contribution is -0.121. The summed E-state index contributed by atoms with van der Waals surface area (Å²) in [5, 5.41) is 10.7. The molecule has 1 aromatic rings. The van der Waals surface area contributed by atoms with Gasteiger partial charge in [-0.2, -0.15) is 0 Å². The molecule has 0 spiro atoms. The van der Waals surface area contributed by atoms with E-state index in [4.69, 9.17) is 5.11 Å². The fourth-order valence-electron chi connectivity index (χ4n) is 1.20. The third-order valence-electron chi connectivity index (χ3n) is 1.99. The molecule has 1 N–H and O–H groups in total.